The smallest absolute Gasteiger partial charge is 0.256 e. The van der Waals surface area contributed by atoms with Gasteiger partial charge >= 0.3 is 0 Å². The maximum Gasteiger partial charge on any atom is 0.256 e. The molecule has 0 unspecified atom stereocenters. The summed E-state index contributed by atoms with van der Waals surface area (Å²) in [7, 11) is 0. The maximum atomic E-state index is 13.5. The predicted octanol–water partition coefficient (Wildman–Crippen LogP) is 4.18. The van der Waals surface area contributed by atoms with Gasteiger partial charge in [0.2, 0.25) is 0 Å². The molecule has 0 saturated carbocycles. The largest absolute Gasteiger partial charge is 0.328 e. The van der Waals surface area contributed by atoms with Gasteiger partial charge < -0.3 is 4.90 Å². The molecule has 5 nitrogen and oxygen atoms in total. The van der Waals surface area contributed by atoms with Crippen molar-refractivity contribution in [3.05, 3.63) is 102 Å². The van der Waals surface area contributed by atoms with Gasteiger partial charge in [-0.15, -0.1) is 0 Å². The summed E-state index contributed by atoms with van der Waals surface area (Å²) >= 11 is 0. The molecule has 4 aromatic rings. The normalized spacial score (nSPS) is 10.8. The molecule has 0 aliphatic rings. The molecule has 0 N–H and O–H groups in total. The van der Waals surface area contributed by atoms with Gasteiger partial charge in [-0.3, -0.25) is 9.78 Å². The first-order valence-electron chi connectivity index (χ1n) is 9.16. The number of pyridine rings is 3. The number of carbonyl (C=O) groups excluding carboxylic acids is 1. The highest BCUT2D eigenvalue weighted by atomic mass is 16.2. The molecule has 0 atom stereocenters. The fourth-order valence-corrected chi connectivity index (χ4v) is 3.17. The molecule has 5 heteroatoms. The molecule has 0 spiro atoms. The Kier molecular flexibility index (Phi) is 5.06. The van der Waals surface area contributed by atoms with E-state index < -0.39 is 0 Å². The second kappa shape index (κ2) is 7.96. The number of nitrogens with zero attached hydrogens (tertiary/aromatic N) is 4. The number of carbonyl (C=O) groups is 1. The van der Waals surface area contributed by atoms with Gasteiger partial charge in [0.15, 0.2) is 5.65 Å². The van der Waals surface area contributed by atoms with Crippen LogP contribution in [0.25, 0.3) is 11.0 Å². The third kappa shape index (κ3) is 3.88. The van der Waals surface area contributed by atoms with E-state index in [0.717, 1.165) is 16.6 Å². The molecule has 3 heterocycles. The number of fused-ring (bicyclic) bond motifs is 1. The first-order valence-corrected chi connectivity index (χ1v) is 9.16. The van der Waals surface area contributed by atoms with Crippen LogP contribution in [0.3, 0.4) is 0 Å². The highest BCUT2D eigenvalue weighted by molar-refractivity contribution is 5.98. The number of aromatic nitrogens is 3. The molecule has 1 aromatic carbocycles. The van der Waals surface area contributed by atoms with Crippen molar-refractivity contribution in [2.24, 2.45) is 0 Å². The lowest BCUT2D eigenvalue weighted by molar-refractivity contribution is 0.0727. The van der Waals surface area contributed by atoms with E-state index in [9.17, 15) is 4.79 Å². The monoisotopic (exact) mass is 368 g/mol. The van der Waals surface area contributed by atoms with Crippen molar-refractivity contribution >= 4 is 16.9 Å². The number of amides is 1. The third-order valence-corrected chi connectivity index (χ3v) is 4.59. The van der Waals surface area contributed by atoms with Crippen LogP contribution in [-0.2, 0) is 13.1 Å². The Morgan fingerprint density at radius 3 is 2.46 bits per heavy atom. The molecule has 3 aromatic heterocycles. The van der Waals surface area contributed by atoms with E-state index in [4.69, 9.17) is 0 Å². The number of hydrogen-bond donors (Lipinski definition) is 0. The Morgan fingerprint density at radius 2 is 1.68 bits per heavy atom. The molecule has 138 valence electrons. The van der Waals surface area contributed by atoms with Gasteiger partial charge in [0.1, 0.15) is 0 Å². The molecule has 0 fully saturated rings. The van der Waals surface area contributed by atoms with Crippen LogP contribution in [0.5, 0.6) is 0 Å². The van der Waals surface area contributed by atoms with Crippen molar-refractivity contribution in [3.63, 3.8) is 0 Å². The zero-order chi connectivity index (χ0) is 19.3. The van der Waals surface area contributed by atoms with Gasteiger partial charge in [0.05, 0.1) is 23.5 Å². The van der Waals surface area contributed by atoms with E-state index in [1.807, 2.05) is 78.6 Å². The first-order chi connectivity index (χ1) is 13.7. The number of benzene rings is 1. The molecule has 0 aliphatic heterocycles. The minimum Gasteiger partial charge on any atom is -0.328 e. The number of rotatable bonds is 5. The maximum absolute atomic E-state index is 13.5. The van der Waals surface area contributed by atoms with Gasteiger partial charge in [0, 0.05) is 24.3 Å². The third-order valence-electron chi connectivity index (χ3n) is 4.59. The van der Waals surface area contributed by atoms with Gasteiger partial charge in [-0.05, 0) is 42.8 Å². The van der Waals surface area contributed by atoms with Crippen LogP contribution in [0, 0.1) is 6.92 Å². The molecule has 0 bridgehead atoms. The number of hydrogen-bond acceptors (Lipinski definition) is 4. The van der Waals surface area contributed by atoms with Crippen molar-refractivity contribution in [3.8, 4) is 0 Å². The van der Waals surface area contributed by atoms with Crippen LogP contribution in [0.15, 0.2) is 79.1 Å². The Morgan fingerprint density at radius 1 is 0.893 bits per heavy atom. The summed E-state index contributed by atoms with van der Waals surface area (Å²) in [6, 6.07) is 21.4. The summed E-state index contributed by atoms with van der Waals surface area (Å²) in [4.78, 5) is 28.5. The lowest BCUT2D eigenvalue weighted by Crippen LogP contribution is -2.31. The van der Waals surface area contributed by atoms with E-state index >= 15 is 0 Å². The Balaban J connectivity index is 1.70. The minimum atomic E-state index is -0.0646. The van der Waals surface area contributed by atoms with E-state index in [-0.39, 0.29) is 5.91 Å². The first kappa shape index (κ1) is 17.8. The van der Waals surface area contributed by atoms with Crippen molar-refractivity contribution in [2.75, 3.05) is 0 Å². The average molecular weight is 368 g/mol. The van der Waals surface area contributed by atoms with Crippen LogP contribution < -0.4 is 0 Å². The molecule has 0 saturated heterocycles. The molecule has 28 heavy (non-hydrogen) atoms. The van der Waals surface area contributed by atoms with Crippen LogP contribution >= 0.6 is 0 Å². The van der Waals surface area contributed by atoms with Crippen LogP contribution in [-0.4, -0.2) is 25.8 Å². The van der Waals surface area contributed by atoms with Crippen molar-refractivity contribution in [2.45, 2.75) is 20.0 Å². The summed E-state index contributed by atoms with van der Waals surface area (Å²) in [5, 5.41) is 0.856. The molecular weight excluding hydrogens is 348 g/mol. The zero-order valence-corrected chi connectivity index (χ0v) is 15.6. The lowest BCUT2D eigenvalue weighted by Gasteiger charge is -2.23. The predicted molar refractivity (Wildman–Crippen MR) is 109 cm³/mol. The van der Waals surface area contributed by atoms with Crippen molar-refractivity contribution < 1.29 is 4.79 Å². The zero-order valence-electron chi connectivity index (χ0n) is 15.6. The second-order valence-electron chi connectivity index (χ2n) is 6.64. The van der Waals surface area contributed by atoms with E-state index in [2.05, 4.69) is 15.0 Å². The molecule has 0 aliphatic carbocycles. The topological polar surface area (TPSA) is 59.0 Å². The van der Waals surface area contributed by atoms with E-state index in [0.29, 0.717) is 30.0 Å². The van der Waals surface area contributed by atoms with E-state index in [1.165, 1.54) is 0 Å². The Labute approximate surface area is 163 Å². The van der Waals surface area contributed by atoms with Crippen molar-refractivity contribution in [1.29, 1.82) is 0 Å². The molecule has 0 radical (unpaired) electrons. The van der Waals surface area contributed by atoms with Crippen LogP contribution in [0.1, 0.15) is 27.3 Å². The SMILES string of the molecule is Cc1nc2ncccc2cc1C(=O)N(Cc1ccccc1)Cc1ccccn1. The average Bonchev–Trinajstić information content (AvgIpc) is 2.74. The van der Waals surface area contributed by atoms with E-state index in [1.54, 1.807) is 12.4 Å². The Hall–Kier alpha value is -3.60. The fraction of sp³-hybridized carbons (Fsp3) is 0.130. The molecule has 4 rings (SSSR count). The van der Waals surface area contributed by atoms with Crippen molar-refractivity contribution in [1.82, 2.24) is 19.9 Å². The quantitative estimate of drug-likeness (QED) is 0.530. The lowest BCUT2D eigenvalue weighted by atomic mass is 10.1. The highest BCUT2D eigenvalue weighted by Crippen LogP contribution is 2.19. The second-order valence-corrected chi connectivity index (χ2v) is 6.64. The van der Waals surface area contributed by atoms with Gasteiger partial charge in [0.25, 0.3) is 5.91 Å². The summed E-state index contributed by atoms with van der Waals surface area (Å²) in [6.07, 6.45) is 3.45. The Bertz CT molecular complexity index is 1060. The van der Waals surface area contributed by atoms with Gasteiger partial charge in [-0.25, -0.2) is 9.97 Å². The standard InChI is InChI=1S/C23H20N4O/c1-17-21(14-19-10-7-13-25-22(19)26-17)23(28)27(15-18-8-3-2-4-9-18)16-20-11-5-6-12-24-20/h2-14H,15-16H2,1H3. The number of aryl methyl sites for hydroxylation is 1. The summed E-state index contributed by atoms with van der Waals surface area (Å²) in [6.45, 7) is 2.78. The summed E-state index contributed by atoms with van der Waals surface area (Å²) < 4.78 is 0. The minimum absolute atomic E-state index is 0.0646. The summed E-state index contributed by atoms with van der Waals surface area (Å²) in [5.41, 5.74) is 3.83. The fourth-order valence-electron chi connectivity index (χ4n) is 3.17. The van der Waals surface area contributed by atoms with Crippen LogP contribution in [0.2, 0.25) is 0 Å². The molecule has 1 amide bonds. The van der Waals surface area contributed by atoms with Gasteiger partial charge in [-0.2, -0.15) is 0 Å². The highest BCUT2D eigenvalue weighted by Gasteiger charge is 2.20. The van der Waals surface area contributed by atoms with Gasteiger partial charge in [-0.1, -0.05) is 36.4 Å². The van der Waals surface area contributed by atoms with Crippen LogP contribution in [0.4, 0.5) is 0 Å². The summed E-state index contributed by atoms with van der Waals surface area (Å²) in [5.74, 6) is -0.0646. The molecular formula is C23H20N4O.